The minimum Gasteiger partial charge on any atom is -0.508 e. The molecule has 0 aliphatic heterocycles. The largest absolute Gasteiger partial charge is 0.508 e. The Labute approximate surface area is 160 Å². The molecule has 0 unspecified atom stereocenters. The Kier molecular flexibility index (Phi) is 6.23. The summed E-state index contributed by atoms with van der Waals surface area (Å²) in [4.78, 5) is 4.43. The summed E-state index contributed by atoms with van der Waals surface area (Å²) in [5.41, 5.74) is 11.0. The van der Waals surface area contributed by atoms with E-state index in [9.17, 15) is 5.11 Å². The first-order valence-corrected chi connectivity index (χ1v) is 9.10. The van der Waals surface area contributed by atoms with Gasteiger partial charge in [-0.1, -0.05) is 49.4 Å². The second kappa shape index (κ2) is 9.01. The second-order valence-corrected chi connectivity index (χ2v) is 6.14. The molecule has 4 heteroatoms. The lowest BCUT2D eigenvalue weighted by molar-refractivity contribution is 0.315. The number of ether oxygens (including phenoxy) is 1. The lowest BCUT2D eigenvalue weighted by atomic mass is 9.89. The van der Waals surface area contributed by atoms with Crippen molar-refractivity contribution in [3.63, 3.8) is 0 Å². The van der Waals surface area contributed by atoms with E-state index in [1.807, 2.05) is 48.7 Å². The van der Waals surface area contributed by atoms with E-state index in [-0.39, 0.29) is 5.75 Å². The molecule has 4 nitrogen and oxygen atoms in total. The molecule has 3 N–H and O–H groups in total. The number of allylic oxidation sites excluding steroid dienone is 1. The molecule has 0 spiro atoms. The molecule has 0 fully saturated rings. The maximum absolute atomic E-state index is 9.69. The Morgan fingerprint density at radius 2 is 1.63 bits per heavy atom. The number of phenolic OH excluding ortho intramolecular Hbond substituents is 1. The van der Waals surface area contributed by atoms with Crippen LogP contribution in [0.4, 0.5) is 0 Å². The van der Waals surface area contributed by atoms with E-state index in [0.29, 0.717) is 19.0 Å². The van der Waals surface area contributed by atoms with Gasteiger partial charge in [-0.15, -0.1) is 0 Å². The second-order valence-electron chi connectivity index (χ2n) is 6.14. The molecule has 0 atom stereocenters. The van der Waals surface area contributed by atoms with Gasteiger partial charge in [-0.05, 0) is 46.9 Å². The molecule has 2 aromatic carbocycles. The van der Waals surface area contributed by atoms with Crippen molar-refractivity contribution < 1.29 is 9.84 Å². The van der Waals surface area contributed by atoms with Gasteiger partial charge in [-0.25, -0.2) is 4.98 Å². The molecule has 0 radical (unpaired) electrons. The first-order chi connectivity index (χ1) is 13.2. The van der Waals surface area contributed by atoms with Crippen LogP contribution < -0.4 is 10.5 Å². The van der Waals surface area contributed by atoms with Crippen molar-refractivity contribution in [3.05, 3.63) is 89.6 Å². The SMILES string of the molecule is CC/C(=C(\c1ccc(O)cc1)c1ccc(OCCN)nc1)c1ccccc1. The number of phenols is 1. The van der Waals surface area contributed by atoms with Crippen LogP contribution in [0.15, 0.2) is 72.9 Å². The predicted octanol–water partition coefficient (Wildman–Crippen LogP) is 4.49. The summed E-state index contributed by atoms with van der Waals surface area (Å²) in [6.07, 6.45) is 2.69. The van der Waals surface area contributed by atoms with Crippen LogP contribution in [0.1, 0.15) is 30.0 Å². The zero-order valence-electron chi connectivity index (χ0n) is 15.4. The van der Waals surface area contributed by atoms with E-state index in [1.165, 1.54) is 11.1 Å². The van der Waals surface area contributed by atoms with E-state index < -0.39 is 0 Å². The van der Waals surface area contributed by atoms with Crippen LogP contribution in [0, 0.1) is 0 Å². The molecule has 0 aliphatic rings. The number of nitrogens with two attached hydrogens (primary N) is 1. The molecule has 3 aromatic rings. The van der Waals surface area contributed by atoms with Gasteiger partial charge in [0.15, 0.2) is 0 Å². The summed E-state index contributed by atoms with van der Waals surface area (Å²) in [6, 6.07) is 21.5. The Bertz CT molecular complexity index is 886. The van der Waals surface area contributed by atoms with Crippen molar-refractivity contribution in [1.82, 2.24) is 4.98 Å². The number of hydrogen-bond donors (Lipinski definition) is 2. The number of nitrogens with zero attached hydrogens (tertiary/aromatic N) is 1. The highest BCUT2D eigenvalue weighted by Gasteiger charge is 2.13. The van der Waals surface area contributed by atoms with Crippen LogP contribution in [0.3, 0.4) is 0 Å². The number of aromatic nitrogens is 1. The number of pyridine rings is 1. The lowest BCUT2D eigenvalue weighted by Gasteiger charge is -2.16. The van der Waals surface area contributed by atoms with E-state index in [0.717, 1.165) is 23.1 Å². The molecule has 0 bridgehead atoms. The van der Waals surface area contributed by atoms with E-state index in [4.69, 9.17) is 10.5 Å². The molecule has 0 aliphatic carbocycles. The number of hydrogen-bond acceptors (Lipinski definition) is 4. The zero-order chi connectivity index (χ0) is 19.1. The average Bonchev–Trinajstić information content (AvgIpc) is 2.72. The molecule has 0 amide bonds. The number of rotatable bonds is 7. The summed E-state index contributed by atoms with van der Waals surface area (Å²) >= 11 is 0. The fourth-order valence-corrected chi connectivity index (χ4v) is 3.08. The van der Waals surface area contributed by atoms with Crippen LogP contribution in [0.2, 0.25) is 0 Å². The molecule has 0 saturated heterocycles. The summed E-state index contributed by atoms with van der Waals surface area (Å²) in [5, 5.41) is 9.69. The molecule has 27 heavy (non-hydrogen) atoms. The van der Waals surface area contributed by atoms with Crippen LogP contribution in [-0.2, 0) is 0 Å². The maximum Gasteiger partial charge on any atom is 0.213 e. The standard InChI is InChI=1S/C23H24N2O2/c1-2-21(17-6-4-3-5-7-17)23(18-8-11-20(26)12-9-18)19-10-13-22(25-16-19)27-15-14-24/h3-13,16,26H,2,14-15,24H2,1H3/b23-21-. The number of aromatic hydroxyl groups is 1. The van der Waals surface area contributed by atoms with Gasteiger partial charge < -0.3 is 15.6 Å². The van der Waals surface area contributed by atoms with Crippen molar-refractivity contribution in [2.75, 3.05) is 13.2 Å². The maximum atomic E-state index is 9.69. The van der Waals surface area contributed by atoms with Gasteiger partial charge in [0.25, 0.3) is 0 Å². The van der Waals surface area contributed by atoms with Gasteiger partial charge in [0.05, 0.1) is 0 Å². The normalized spacial score (nSPS) is 11.8. The van der Waals surface area contributed by atoms with Crippen molar-refractivity contribution in [3.8, 4) is 11.6 Å². The summed E-state index contributed by atoms with van der Waals surface area (Å²) < 4.78 is 5.50. The van der Waals surface area contributed by atoms with E-state index >= 15 is 0 Å². The zero-order valence-corrected chi connectivity index (χ0v) is 15.4. The highest BCUT2D eigenvalue weighted by atomic mass is 16.5. The van der Waals surface area contributed by atoms with Crippen molar-refractivity contribution in [2.45, 2.75) is 13.3 Å². The van der Waals surface area contributed by atoms with Crippen molar-refractivity contribution >= 4 is 11.1 Å². The smallest absolute Gasteiger partial charge is 0.213 e. The summed E-state index contributed by atoms with van der Waals surface area (Å²) in [5.74, 6) is 0.812. The topological polar surface area (TPSA) is 68.4 Å². The molecular formula is C23H24N2O2. The van der Waals surface area contributed by atoms with Crippen LogP contribution >= 0.6 is 0 Å². The monoisotopic (exact) mass is 360 g/mol. The summed E-state index contributed by atoms with van der Waals surface area (Å²) in [6.45, 7) is 3.04. The fourth-order valence-electron chi connectivity index (χ4n) is 3.08. The van der Waals surface area contributed by atoms with E-state index in [2.05, 4.69) is 24.0 Å². The van der Waals surface area contributed by atoms with Crippen molar-refractivity contribution in [1.29, 1.82) is 0 Å². The van der Waals surface area contributed by atoms with Crippen LogP contribution in [0.5, 0.6) is 11.6 Å². The minimum atomic E-state index is 0.250. The Hall–Kier alpha value is -3.11. The molecule has 0 saturated carbocycles. The van der Waals surface area contributed by atoms with Gasteiger partial charge in [0.1, 0.15) is 12.4 Å². The van der Waals surface area contributed by atoms with Gasteiger partial charge >= 0.3 is 0 Å². The molecule has 3 rings (SSSR count). The highest BCUT2D eigenvalue weighted by molar-refractivity contribution is 5.98. The molecular weight excluding hydrogens is 336 g/mol. The first kappa shape index (κ1) is 18.7. The first-order valence-electron chi connectivity index (χ1n) is 9.10. The minimum absolute atomic E-state index is 0.250. The third-order valence-corrected chi connectivity index (χ3v) is 4.33. The molecule has 1 aromatic heterocycles. The Morgan fingerprint density at radius 3 is 2.22 bits per heavy atom. The summed E-state index contributed by atoms with van der Waals surface area (Å²) in [7, 11) is 0. The number of benzene rings is 2. The highest BCUT2D eigenvalue weighted by Crippen LogP contribution is 2.35. The Balaban J connectivity index is 2.13. The molecule has 138 valence electrons. The van der Waals surface area contributed by atoms with Gasteiger partial charge in [-0.3, -0.25) is 0 Å². The molecule has 1 heterocycles. The Morgan fingerprint density at radius 1 is 0.926 bits per heavy atom. The quantitative estimate of drug-likeness (QED) is 0.609. The average molecular weight is 360 g/mol. The third-order valence-electron chi connectivity index (χ3n) is 4.33. The lowest BCUT2D eigenvalue weighted by Crippen LogP contribution is -2.11. The van der Waals surface area contributed by atoms with Gasteiger partial charge in [0.2, 0.25) is 5.88 Å². The van der Waals surface area contributed by atoms with Crippen LogP contribution in [0.25, 0.3) is 11.1 Å². The predicted molar refractivity (Wildman–Crippen MR) is 110 cm³/mol. The fraction of sp³-hybridized carbons (Fsp3) is 0.174. The van der Waals surface area contributed by atoms with Gasteiger partial charge in [0, 0.05) is 24.4 Å². The van der Waals surface area contributed by atoms with Crippen LogP contribution in [-0.4, -0.2) is 23.2 Å². The third kappa shape index (κ3) is 4.54. The van der Waals surface area contributed by atoms with Gasteiger partial charge in [-0.2, -0.15) is 0 Å². The van der Waals surface area contributed by atoms with Crippen molar-refractivity contribution in [2.24, 2.45) is 5.73 Å². The van der Waals surface area contributed by atoms with E-state index in [1.54, 1.807) is 12.1 Å².